The summed E-state index contributed by atoms with van der Waals surface area (Å²) in [6.07, 6.45) is 6.13. The average molecular weight is 437 g/mol. The van der Waals surface area contributed by atoms with E-state index in [1.807, 2.05) is 38.1 Å². The van der Waals surface area contributed by atoms with Crippen LogP contribution < -0.4 is 0 Å². The summed E-state index contributed by atoms with van der Waals surface area (Å²) in [6.45, 7) is 3.92. The van der Waals surface area contributed by atoms with Gasteiger partial charge < -0.3 is 10.2 Å². The summed E-state index contributed by atoms with van der Waals surface area (Å²) in [5.41, 5.74) is 3.40. The molecule has 2 aliphatic rings. The van der Waals surface area contributed by atoms with Crippen LogP contribution >= 0.6 is 0 Å². The summed E-state index contributed by atoms with van der Waals surface area (Å²) in [4.78, 5) is 34.0. The molecule has 0 atom stereocenters. The second-order valence-corrected chi connectivity index (χ2v) is 8.33. The largest absolute Gasteiger partial charge is 0.511 e. The molecule has 2 aliphatic carbocycles. The Morgan fingerprint density at radius 1 is 0.719 bits per heavy atom. The van der Waals surface area contributed by atoms with Gasteiger partial charge in [-0.2, -0.15) is 0 Å². The fraction of sp³-hybridized carbons (Fsp3) is 0.462. The summed E-state index contributed by atoms with van der Waals surface area (Å²) in [7, 11) is 0. The SMILES string of the molecule is CCC/C(O)=C1\C(=O)CCCC1=Nc1ccc(N=C2CCCC(=O)/C2=C(/O)CCC)cc1. The molecular weight excluding hydrogens is 404 g/mol. The van der Waals surface area contributed by atoms with Crippen LogP contribution in [-0.2, 0) is 9.59 Å². The summed E-state index contributed by atoms with van der Waals surface area (Å²) in [5, 5.41) is 20.7. The van der Waals surface area contributed by atoms with E-state index in [2.05, 4.69) is 9.98 Å². The quantitative estimate of drug-likeness (QED) is 0.389. The topological polar surface area (TPSA) is 99.3 Å². The summed E-state index contributed by atoms with van der Waals surface area (Å²) >= 11 is 0. The van der Waals surface area contributed by atoms with Crippen molar-refractivity contribution in [2.24, 2.45) is 9.98 Å². The molecule has 0 heterocycles. The lowest BCUT2D eigenvalue weighted by Crippen LogP contribution is -2.21. The second kappa shape index (κ2) is 11.0. The fourth-order valence-corrected chi connectivity index (χ4v) is 4.17. The van der Waals surface area contributed by atoms with Crippen LogP contribution in [0, 0.1) is 0 Å². The van der Waals surface area contributed by atoms with Crippen LogP contribution in [0.4, 0.5) is 11.4 Å². The van der Waals surface area contributed by atoms with E-state index >= 15 is 0 Å². The first-order valence-corrected chi connectivity index (χ1v) is 11.6. The van der Waals surface area contributed by atoms with Gasteiger partial charge in [-0.05, 0) is 62.8 Å². The van der Waals surface area contributed by atoms with Crippen molar-refractivity contribution in [2.75, 3.05) is 0 Å². The van der Waals surface area contributed by atoms with Gasteiger partial charge in [0, 0.05) is 25.7 Å². The number of Topliss-reactive ketones (excluding diaryl/α,β-unsaturated/α-hetero) is 2. The van der Waals surface area contributed by atoms with Gasteiger partial charge in [-0.15, -0.1) is 0 Å². The van der Waals surface area contributed by atoms with Crippen molar-refractivity contribution in [1.82, 2.24) is 0 Å². The fourth-order valence-electron chi connectivity index (χ4n) is 4.17. The molecule has 1 aromatic carbocycles. The van der Waals surface area contributed by atoms with Crippen molar-refractivity contribution in [3.63, 3.8) is 0 Å². The Balaban J connectivity index is 1.89. The van der Waals surface area contributed by atoms with Gasteiger partial charge in [0.05, 0.1) is 33.9 Å². The molecule has 32 heavy (non-hydrogen) atoms. The molecule has 0 bridgehead atoms. The molecule has 6 nitrogen and oxygen atoms in total. The molecule has 6 heteroatoms. The van der Waals surface area contributed by atoms with E-state index in [0.29, 0.717) is 72.5 Å². The number of carbonyl (C=O) groups excluding carboxylic acids is 2. The number of benzene rings is 1. The van der Waals surface area contributed by atoms with Gasteiger partial charge in [-0.1, -0.05) is 13.8 Å². The molecule has 2 N–H and O–H groups in total. The van der Waals surface area contributed by atoms with Gasteiger partial charge in [-0.3, -0.25) is 19.6 Å². The van der Waals surface area contributed by atoms with E-state index in [-0.39, 0.29) is 23.1 Å². The van der Waals surface area contributed by atoms with Crippen molar-refractivity contribution in [3.8, 4) is 0 Å². The molecule has 2 fully saturated rings. The second-order valence-electron chi connectivity index (χ2n) is 8.33. The predicted octanol–water partition coefficient (Wildman–Crippen LogP) is 6.56. The summed E-state index contributed by atoms with van der Waals surface area (Å²) in [6, 6.07) is 7.28. The minimum atomic E-state index is -0.0443. The first-order chi connectivity index (χ1) is 15.4. The normalized spacial score (nSPS) is 23.1. The van der Waals surface area contributed by atoms with E-state index in [9.17, 15) is 19.8 Å². The third-order valence-corrected chi connectivity index (χ3v) is 5.70. The number of nitrogens with zero attached hydrogens (tertiary/aromatic N) is 2. The van der Waals surface area contributed by atoms with Crippen LogP contribution in [0.2, 0.25) is 0 Å². The molecule has 0 radical (unpaired) electrons. The van der Waals surface area contributed by atoms with Gasteiger partial charge in [0.15, 0.2) is 11.6 Å². The molecule has 0 aromatic heterocycles. The third kappa shape index (κ3) is 5.61. The minimum Gasteiger partial charge on any atom is -0.511 e. The van der Waals surface area contributed by atoms with Crippen LogP contribution in [0.15, 0.2) is 56.9 Å². The Morgan fingerprint density at radius 2 is 1.09 bits per heavy atom. The zero-order valence-corrected chi connectivity index (χ0v) is 19.0. The Hall–Kier alpha value is -3.02. The van der Waals surface area contributed by atoms with Crippen LogP contribution in [-0.4, -0.2) is 33.2 Å². The zero-order chi connectivity index (χ0) is 23.1. The van der Waals surface area contributed by atoms with Crippen LogP contribution in [0.1, 0.15) is 78.1 Å². The lowest BCUT2D eigenvalue weighted by Gasteiger charge is -2.18. The zero-order valence-electron chi connectivity index (χ0n) is 19.0. The molecule has 0 unspecified atom stereocenters. The van der Waals surface area contributed by atoms with Crippen LogP contribution in [0.3, 0.4) is 0 Å². The molecule has 0 aliphatic heterocycles. The number of ketones is 2. The Kier molecular flexibility index (Phi) is 8.14. The summed E-state index contributed by atoms with van der Waals surface area (Å²) < 4.78 is 0. The first-order valence-electron chi connectivity index (χ1n) is 11.6. The van der Waals surface area contributed by atoms with E-state index < -0.39 is 0 Å². The molecule has 3 rings (SSSR count). The Morgan fingerprint density at radius 3 is 1.44 bits per heavy atom. The van der Waals surface area contributed by atoms with E-state index in [1.165, 1.54) is 0 Å². The lowest BCUT2D eigenvalue weighted by atomic mass is 9.89. The Labute approximate surface area is 189 Å². The van der Waals surface area contributed by atoms with Gasteiger partial charge >= 0.3 is 0 Å². The lowest BCUT2D eigenvalue weighted by molar-refractivity contribution is -0.116. The number of rotatable bonds is 6. The number of hydrogen-bond acceptors (Lipinski definition) is 6. The van der Waals surface area contributed by atoms with Crippen molar-refractivity contribution in [1.29, 1.82) is 0 Å². The first kappa shape index (κ1) is 23.6. The number of allylic oxidation sites excluding steroid dienone is 4. The highest BCUT2D eigenvalue weighted by molar-refractivity contribution is 6.25. The number of aliphatic hydroxyl groups excluding tert-OH is 2. The van der Waals surface area contributed by atoms with Gasteiger partial charge in [0.1, 0.15) is 11.5 Å². The predicted molar refractivity (Wildman–Crippen MR) is 127 cm³/mol. The van der Waals surface area contributed by atoms with Crippen molar-refractivity contribution in [3.05, 3.63) is 46.9 Å². The monoisotopic (exact) mass is 436 g/mol. The van der Waals surface area contributed by atoms with Gasteiger partial charge in [0.2, 0.25) is 0 Å². The maximum Gasteiger partial charge on any atom is 0.168 e. The van der Waals surface area contributed by atoms with Crippen molar-refractivity contribution in [2.45, 2.75) is 78.1 Å². The standard InChI is InChI=1S/C26H32N2O4/c1-3-7-21(29)25-19(9-5-11-23(25)31)27-17-13-15-18(16-14-17)28-20-10-6-12-24(32)26(20)22(30)8-4-2/h13-16,29-30H,3-12H2,1-2H3/b25-21+,26-22+,27-19?,28-20?. The number of aliphatic hydroxyl groups is 2. The molecule has 0 saturated heterocycles. The van der Waals surface area contributed by atoms with Crippen molar-refractivity contribution >= 4 is 34.4 Å². The van der Waals surface area contributed by atoms with Gasteiger partial charge in [0.25, 0.3) is 0 Å². The molecule has 2 saturated carbocycles. The highest BCUT2D eigenvalue weighted by Crippen LogP contribution is 2.28. The smallest absolute Gasteiger partial charge is 0.168 e. The van der Waals surface area contributed by atoms with E-state index in [0.717, 1.165) is 25.7 Å². The molecule has 170 valence electrons. The number of carbonyl (C=O) groups is 2. The third-order valence-electron chi connectivity index (χ3n) is 5.70. The maximum absolute atomic E-state index is 12.4. The van der Waals surface area contributed by atoms with Crippen molar-refractivity contribution < 1.29 is 19.8 Å². The number of aliphatic imine (C=N–C) groups is 2. The number of hydrogen-bond donors (Lipinski definition) is 2. The molecule has 0 spiro atoms. The Bertz CT molecular complexity index is 916. The maximum atomic E-state index is 12.4. The van der Waals surface area contributed by atoms with Gasteiger partial charge in [-0.25, -0.2) is 0 Å². The minimum absolute atomic E-state index is 0.0443. The van der Waals surface area contributed by atoms with E-state index in [1.54, 1.807) is 0 Å². The molecule has 1 aromatic rings. The van der Waals surface area contributed by atoms with E-state index in [4.69, 9.17) is 0 Å². The highest BCUT2D eigenvalue weighted by atomic mass is 16.3. The highest BCUT2D eigenvalue weighted by Gasteiger charge is 2.26. The van der Waals surface area contributed by atoms with Crippen LogP contribution in [0.5, 0.6) is 0 Å². The average Bonchev–Trinajstić information content (AvgIpc) is 2.75. The molecular formula is C26H32N2O4. The van der Waals surface area contributed by atoms with Crippen LogP contribution in [0.25, 0.3) is 0 Å². The molecule has 0 amide bonds. The summed E-state index contributed by atoms with van der Waals surface area (Å²) in [5.74, 6) is 0.175.